The Kier molecular flexibility index (Phi) is 2.44. The van der Waals surface area contributed by atoms with Gasteiger partial charge >= 0.3 is 0 Å². The largest absolute Gasteiger partial charge is 0.370 e. The molecule has 90 valence electrons. The van der Waals surface area contributed by atoms with E-state index in [1.807, 2.05) is 0 Å². The van der Waals surface area contributed by atoms with E-state index in [-0.39, 0.29) is 18.1 Å². The van der Waals surface area contributed by atoms with Crippen LogP contribution in [0.1, 0.15) is 26.7 Å². The van der Waals surface area contributed by atoms with Gasteiger partial charge in [-0.3, -0.25) is 9.69 Å². The molecule has 3 aliphatic heterocycles. The van der Waals surface area contributed by atoms with Crippen LogP contribution in [0.5, 0.6) is 0 Å². The maximum absolute atomic E-state index is 11.8. The van der Waals surface area contributed by atoms with E-state index in [2.05, 4.69) is 24.1 Å². The first-order valence-electron chi connectivity index (χ1n) is 6.34. The summed E-state index contributed by atoms with van der Waals surface area (Å²) in [5.41, 5.74) is 0. The summed E-state index contributed by atoms with van der Waals surface area (Å²) in [5.74, 6) is 0.611. The van der Waals surface area contributed by atoms with Crippen LogP contribution in [0.2, 0.25) is 0 Å². The summed E-state index contributed by atoms with van der Waals surface area (Å²) in [5, 5.41) is 3.17. The number of rotatable bonds is 3. The molecule has 3 aliphatic rings. The summed E-state index contributed by atoms with van der Waals surface area (Å²) in [4.78, 5) is 14.2. The predicted octanol–water partition coefficient (Wildman–Crippen LogP) is 0.373. The lowest BCUT2D eigenvalue weighted by Gasteiger charge is -2.21. The van der Waals surface area contributed by atoms with Gasteiger partial charge in [0, 0.05) is 19.5 Å². The van der Waals surface area contributed by atoms with Crippen LogP contribution in [0.4, 0.5) is 0 Å². The van der Waals surface area contributed by atoms with E-state index in [1.54, 1.807) is 0 Å². The third-order valence-electron chi connectivity index (χ3n) is 3.96. The van der Waals surface area contributed by atoms with Gasteiger partial charge in [0.25, 0.3) is 0 Å². The molecule has 0 aliphatic carbocycles. The Morgan fingerprint density at radius 2 is 2.31 bits per heavy atom. The van der Waals surface area contributed by atoms with Gasteiger partial charge in [-0.15, -0.1) is 0 Å². The molecule has 3 rings (SSSR count). The van der Waals surface area contributed by atoms with Gasteiger partial charge in [0.05, 0.1) is 24.3 Å². The van der Waals surface area contributed by atoms with Crippen LogP contribution in [0, 0.1) is 5.92 Å². The monoisotopic (exact) mass is 224 g/mol. The van der Waals surface area contributed by atoms with Crippen LogP contribution in [0.3, 0.4) is 0 Å². The minimum absolute atomic E-state index is 0.183. The van der Waals surface area contributed by atoms with Crippen molar-refractivity contribution in [3.8, 4) is 0 Å². The lowest BCUT2D eigenvalue weighted by atomic mass is 10.1. The Labute approximate surface area is 96.3 Å². The molecule has 4 nitrogen and oxygen atoms in total. The van der Waals surface area contributed by atoms with Gasteiger partial charge in [0.2, 0.25) is 5.91 Å². The number of morpholine rings is 1. The van der Waals surface area contributed by atoms with Gasteiger partial charge in [0.15, 0.2) is 0 Å². The zero-order valence-electron chi connectivity index (χ0n) is 9.98. The van der Waals surface area contributed by atoms with Crippen molar-refractivity contribution < 1.29 is 9.53 Å². The van der Waals surface area contributed by atoms with Crippen LogP contribution in [-0.4, -0.2) is 48.2 Å². The molecular formula is C12H20N2O2. The van der Waals surface area contributed by atoms with Gasteiger partial charge in [0.1, 0.15) is 0 Å². The maximum Gasteiger partial charge on any atom is 0.220 e. The minimum Gasteiger partial charge on any atom is -0.370 e. The Morgan fingerprint density at radius 1 is 1.50 bits per heavy atom. The normalized spacial score (nSPS) is 40.9. The Balaban J connectivity index is 1.63. The smallest absolute Gasteiger partial charge is 0.220 e. The first kappa shape index (κ1) is 10.5. The molecule has 3 fully saturated rings. The third kappa shape index (κ3) is 1.55. The molecule has 4 heteroatoms. The van der Waals surface area contributed by atoms with Crippen molar-refractivity contribution in [1.82, 2.24) is 10.2 Å². The fourth-order valence-corrected chi connectivity index (χ4v) is 3.38. The molecule has 3 heterocycles. The van der Waals surface area contributed by atoms with Crippen LogP contribution < -0.4 is 5.32 Å². The highest BCUT2D eigenvalue weighted by atomic mass is 16.5. The summed E-state index contributed by atoms with van der Waals surface area (Å²) in [6.45, 7) is 6.30. The molecule has 3 saturated heterocycles. The Morgan fingerprint density at radius 3 is 3.00 bits per heavy atom. The Bertz CT molecular complexity index is 291. The van der Waals surface area contributed by atoms with E-state index in [0.29, 0.717) is 24.5 Å². The van der Waals surface area contributed by atoms with Crippen molar-refractivity contribution in [2.45, 2.75) is 51.0 Å². The summed E-state index contributed by atoms with van der Waals surface area (Å²) in [6.07, 6.45) is 2.38. The standard InChI is InChI=1S/C12H20N2O2/c1-7(2)5-10(15)13-11-9-6-14-4-3-8(16-9)12(11)14/h7-9,11-12H,3-6H2,1-2H3,(H,13,15)/t8-,9+,11-,12+/m0/s1. The van der Waals surface area contributed by atoms with Gasteiger partial charge in [-0.2, -0.15) is 0 Å². The number of ether oxygens (including phenoxy) is 1. The van der Waals surface area contributed by atoms with E-state index in [1.165, 1.54) is 0 Å². The fourth-order valence-electron chi connectivity index (χ4n) is 3.38. The van der Waals surface area contributed by atoms with Gasteiger partial charge in [-0.25, -0.2) is 0 Å². The second kappa shape index (κ2) is 3.70. The summed E-state index contributed by atoms with van der Waals surface area (Å²) in [7, 11) is 0. The fraction of sp³-hybridized carbons (Fsp3) is 0.917. The highest BCUT2D eigenvalue weighted by molar-refractivity contribution is 5.76. The number of amides is 1. The molecule has 16 heavy (non-hydrogen) atoms. The average molecular weight is 224 g/mol. The first-order valence-corrected chi connectivity index (χ1v) is 6.34. The number of hydrogen-bond donors (Lipinski definition) is 1. The van der Waals surface area contributed by atoms with Crippen molar-refractivity contribution in [3.63, 3.8) is 0 Å². The summed E-state index contributed by atoms with van der Waals surface area (Å²) in [6, 6.07) is 0.708. The molecule has 0 aromatic heterocycles. The van der Waals surface area contributed by atoms with Gasteiger partial charge in [-0.05, 0) is 12.3 Å². The molecule has 4 atom stereocenters. The molecule has 2 bridgehead atoms. The van der Waals surface area contributed by atoms with E-state index in [0.717, 1.165) is 19.5 Å². The molecule has 0 saturated carbocycles. The zero-order valence-corrected chi connectivity index (χ0v) is 9.98. The van der Waals surface area contributed by atoms with E-state index < -0.39 is 0 Å². The van der Waals surface area contributed by atoms with Crippen LogP contribution in [-0.2, 0) is 9.53 Å². The lowest BCUT2D eigenvalue weighted by Crippen LogP contribution is -2.45. The van der Waals surface area contributed by atoms with Gasteiger partial charge in [-0.1, -0.05) is 13.8 Å². The number of carbonyl (C=O) groups is 1. The second-order valence-electron chi connectivity index (χ2n) is 5.68. The van der Waals surface area contributed by atoms with E-state index in [4.69, 9.17) is 4.74 Å². The molecule has 0 aromatic rings. The molecule has 0 unspecified atom stereocenters. The SMILES string of the molecule is CC(C)CC(=O)N[C@@H]1[C@H]2[C@@H]3CCN2C[C@H]1O3. The third-order valence-corrected chi connectivity index (χ3v) is 3.96. The average Bonchev–Trinajstić information content (AvgIpc) is 2.73. The zero-order chi connectivity index (χ0) is 11.3. The number of nitrogens with one attached hydrogen (secondary N) is 1. The minimum atomic E-state index is 0.183. The van der Waals surface area contributed by atoms with Crippen molar-refractivity contribution in [2.75, 3.05) is 13.1 Å². The first-order chi connectivity index (χ1) is 7.65. The Hall–Kier alpha value is -0.610. The highest BCUT2D eigenvalue weighted by Gasteiger charge is 2.57. The number of carbonyl (C=O) groups excluding carboxylic acids is 1. The lowest BCUT2D eigenvalue weighted by molar-refractivity contribution is -0.122. The van der Waals surface area contributed by atoms with Crippen molar-refractivity contribution in [3.05, 3.63) is 0 Å². The van der Waals surface area contributed by atoms with E-state index >= 15 is 0 Å². The molecule has 0 aromatic carbocycles. The highest BCUT2D eigenvalue weighted by Crippen LogP contribution is 2.39. The summed E-state index contributed by atoms with van der Waals surface area (Å²) < 4.78 is 5.91. The predicted molar refractivity (Wildman–Crippen MR) is 60.0 cm³/mol. The molecule has 0 spiro atoms. The van der Waals surface area contributed by atoms with Crippen molar-refractivity contribution in [2.24, 2.45) is 5.92 Å². The molecule has 1 amide bonds. The number of fused-ring (bicyclic) bond motifs is 1. The summed E-state index contributed by atoms with van der Waals surface area (Å²) >= 11 is 0. The second-order valence-corrected chi connectivity index (χ2v) is 5.68. The quantitative estimate of drug-likeness (QED) is 0.753. The maximum atomic E-state index is 11.8. The molecule has 0 radical (unpaired) electrons. The molecular weight excluding hydrogens is 204 g/mol. The van der Waals surface area contributed by atoms with Crippen LogP contribution >= 0.6 is 0 Å². The number of nitrogens with zero attached hydrogens (tertiary/aromatic N) is 1. The van der Waals surface area contributed by atoms with Crippen LogP contribution in [0.25, 0.3) is 0 Å². The number of hydrogen-bond acceptors (Lipinski definition) is 3. The van der Waals surface area contributed by atoms with Crippen LogP contribution in [0.15, 0.2) is 0 Å². The van der Waals surface area contributed by atoms with E-state index in [9.17, 15) is 4.79 Å². The van der Waals surface area contributed by atoms with Gasteiger partial charge < -0.3 is 10.1 Å². The van der Waals surface area contributed by atoms with Crippen molar-refractivity contribution >= 4 is 5.91 Å². The van der Waals surface area contributed by atoms with Crippen molar-refractivity contribution in [1.29, 1.82) is 0 Å². The molecule has 1 N–H and O–H groups in total. The topological polar surface area (TPSA) is 41.6 Å².